The Kier molecular flexibility index (Phi) is 5.93. The van der Waals surface area contributed by atoms with Crippen molar-refractivity contribution in [1.82, 2.24) is 4.90 Å². The summed E-state index contributed by atoms with van der Waals surface area (Å²) in [5.41, 5.74) is 8.91. The zero-order valence-corrected chi connectivity index (χ0v) is 15.9. The number of likely N-dealkylation sites (tertiary alicyclic amines) is 1. The quantitative estimate of drug-likeness (QED) is 0.650. The van der Waals surface area contributed by atoms with Crippen LogP contribution in [0.1, 0.15) is 38.3 Å². The van der Waals surface area contributed by atoms with E-state index in [1.165, 1.54) is 11.1 Å². The lowest BCUT2D eigenvalue weighted by Gasteiger charge is -2.24. The number of hydrogen-bond acceptors (Lipinski definition) is 3. The standard InChI is InChI=1S/C19H30N4O2/c1-13-6-7-16(10-14(13)2)22-17(20)21-11-15-8-9-23(12-15)18(24)25-19(3,4)5/h6-7,10,15H,8-9,11-12H2,1-5H3,(H3,20,21,22). The smallest absolute Gasteiger partial charge is 0.410 e. The van der Waals surface area contributed by atoms with Gasteiger partial charge in [0.2, 0.25) is 0 Å². The van der Waals surface area contributed by atoms with Gasteiger partial charge in [0.05, 0.1) is 0 Å². The molecular weight excluding hydrogens is 316 g/mol. The number of guanidine groups is 1. The average molecular weight is 346 g/mol. The van der Waals surface area contributed by atoms with Gasteiger partial charge in [-0.1, -0.05) is 6.07 Å². The van der Waals surface area contributed by atoms with Crippen LogP contribution in [0.15, 0.2) is 23.2 Å². The van der Waals surface area contributed by atoms with E-state index >= 15 is 0 Å². The molecule has 0 bridgehead atoms. The van der Waals surface area contributed by atoms with Crippen molar-refractivity contribution in [3.05, 3.63) is 29.3 Å². The Balaban J connectivity index is 1.83. The highest BCUT2D eigenvalue weighted by Gasteiger charge is 2.29. The van der Waals surface area contributed by atoms with Crippen molar-refractivity contribution < 1.29 is 9.53 Å². The van der Waals surface area contributed by atoms with Crippen LogP contribution in [0.25, 0.3) is 0 Å². The van der Waals surface area contributed by atoms with Gasteiger partial charge in [0.1, 0.15) is 5.60 Å². The molecule has 25 heavy (non-hydrogen) atoms. The summed E-state index contributed by atoms with van der Waals surface area (Å²) in [6.45, 7) is 11.7. The second-order valence-corrected chi connectivity index (χ2v) is 7.73. The lowest BCUT2D eigenvalue weighted by molar-refractivity contribution is 0.0289. The number of ether oxygens (including phenoxy) is 1. The van der Waals surface area contributed by atoms with Gasteiger partial charge < -0.3 is 20.7 Å². The fourth-order valence-corrected chi connectivity index (χ4v) is 2.71. The van der Waals surface area contributed by atoms with Gasteiger partial charge in [-0.2, -0.15) is 0 Å². The highest BCUT2D eigenvalue weighted by atomic mass is 16.6. The van der Waals surface area contributed by atoms with Crippen LogP contribution in [0, 0.1) is 19.8 Å². The maximum atomic E-state index is 12.1. The summed E-state index contributed by atoms with van der Waals surface area (Å²) in [6.07, 6.45) is 0.667. The van der Waals surface area contributed by atoms with Gasteiger partial charge in [0, 0.05) is 25.3 Å². The first-order chi connectivity index (χ1) is 11.6. The number of nitrogens with two attached hydrogens (primary N) is 1. The maximum Gasteiger partial charge on any atom is 0.410 e. The minimum atomic E-state index is -0.464. The Bertz CT molecular complexity index is 649. The summed E-state index contributed by atoms with van der Waals surface area (Å²) in [5.74, 6) is 0.714. The topological polar surface area (TPSA) is 80.0 Å². The lowest BCUT2D eigenvalue weighted by Crippen LogP contribution is -2.35. The van der Waals surface area contributed by atoms with E-state index in [0.717, 1.165) is 12.1 Å². The number of amides is 1. The van der Waals surface area contributed by atoms with E-state index in [1.54, 1.807) is 4.90 Å². The average Bonchev–Trinajstić information content (AvgIpc) is 2.96. The summed E-state index contributed by atoms with van der Waals surface area (Å²) in [6, 6.07) is 6.10. The number of anilines is 1. The molecule has 6 heteroatoms. The zero-order chi connectivity index (χ0) is 18.6. The fraction of sp³-hybridized carbons (Fsp3) is 0.579. The maximum absolute atomic E-state index is 12.1. The minimum absolute atomic E-state index is 0.250. The molecule has 1 heterocycles. The van der Waals surface area contributed by atoms with Crippen molar-refractivity contribution in [3.8, 4) is 0 Å². The Morgan fingerprint density at radius 3 is 2.72 bits per heavy atom. The van der Waals surface area contributed by atoms with E-state index in [9.17, 15) is 4.79 Å². The molecule has 0 spiro atoms. The molecule has 1 aromatic rings. The molecule has 3 N–H and O–H groups in total. The number of carbonyl (C=O) groups excluding carboxylic acids is 1. The third-order valence-electron chi connectivity index (χ3n) is 4.24. The number of aryl methyl sites for hydroxylation is 2. The van der Waals surface area contributed by atoms with Gasteiger partial charge in [0.15, 0.2) is 5.96 Å². The van der Waals surface area contributed by atoms with E-state index in [1.807, 2.05) is 26.8 Å². The Labute approximate surface area is 150 Å². The van der Waals surface area contributed by atoms with E-state index in [-0.39, 0.29) is 6.09 Å². The van der Waals surface area contributed by atoms with E-state index in [2.05, 4.69) is 36.3 Å². The fourth-order valence-electron chi connectivity index (χ4n) is 2.71. The largest absolute Gasteiger partial charge is 0.444 e. The van der Waals surface area contributed by atoms with Crippen LogP contribution >= 0.6 is 0 Å². The lowest BCUT2D eigenvalue weighted by atomic mass is 10.1. The van der Waals surface area contributed by atoms with Crippen molar-refractivity contribution in [1.29, 1.82) is 0 Å². The molecular formula is C19H30N4O2. The van der Waals surface area contributed by atoms with Crippen molar-refractivity contribution in [2.75, 3.05) is 25.0 Å². The van der Waals surface area contributed by atoms with Crippen LogP contribution in [-0.2, 0) is 4.74 Å². The minimum Gasteiger partial charge on any atom is -0.444 e. The van der Waals surface area contributed by atoms with Gasteiger partial charge in [-0.3, -0.25) is 4.99 Å². The number of rotatable bonds is 3. The van der Waals surface area contributed by atoms with Gasteiger partial charge in [-0.15, -0.1) is 0 Å². The normalized spacial score (nSPS) is 18.4. The third-order valence-corrected chi connectivity index (χ3v) is 4.24. The van der Waals surface area contributed by atoms with Crippen molar-refractivity contribution in [2.45, 2.75) is 46.6 Å². The van der Waals surface area contributed by atoms with Crippen LogP contribution < -0.4 is 11.1 Å². The number of aliphatic imine (C=N–C) groups is 1. The predicted molar refractivity (Wildman–Crippen MR) is 102 cm³/mol. The number of carbonyl (C=O) groups is 1. The van der Waals surface area contributed by atoms with Crippen molar-refractivity contribution in [3.63, 3.8) is 0 Å². The van der Waals surface area contributed by atoms with Crippen LogP contribution in [-0.4, -0.2) is 42.2 Å². The Morgan fingerprint density at radius 1 is 1.36 bits per heavy atom. The number of nitrogens with one attached hydrogen (secondary N) is 1. The molecule has 1 saturated heterocycles. The second-order valence-electron chi connectivity index (χ2n) is 7.73. The first kappa shape index (κ1) is 19.1. The summed E-state index contributed by atoms with van der Waals surface area (Å²) in [5, 5.41) is 3.12. The predicted octanol–water partition coefficient (Wildman–Crippen LogP) is 3.29. The number of nitrogens with zero attached hydrogens (tertiary/aromatic N) is 2. The van der Waals surface area contributed by atoms with Crippen LogP contribution in [0.2, 0.25) is 0 Å². The molecule has 1 aromatic carbocycles. The van der Waals surface area contributed by atoms with Crippen molar-refractivity contribution >= 4 is 17.7 Å². The highest BCUT2D eigenvalue weighted by molar-refractivity contribution is 5.92. The number of hydrogen-bond donors (Lipinski definition) is 2. The molecule has 0 aliphatic carbocycles. The highest BCUT2D eigenvalue weighted by Crippen LogP contribution is 2.20. The Hall–Kier alpha value is -2.24. The molecule has 2 rings (SSSR count). The Morgan fingerprint density at radius 2 is 2.08 bits per heavy atom. The molecule has 0 saturated carbocycles. The molecule has 1 atom stereocenters. The number of benzene rings is 1. The summed E-state index contributed by atoms with van der Waals surface area (Å²) < 4.78 is 5.41. The van der Waals surface area contributed by atoms with E-state index in [0.29, 0.717) is 31.5 Å². The molecule has 1 unspecified atom stereocenters. The molecule has 1 aliphatic heterocycles. The zero-order valence-electron chi connectivity index (χ0n) is 15.9. The first-order valence-electron chi connectivity index (χ1n) is 8.76. The molecule has 138 valence electrons. The SMILES string of the molecule is Cc1ccc(NC(N)=NCC2CCN(C(=O)OC(C)(C)C)C2)cc1C. The van der Waals surface area contributed by atoms with Crippen LogP contribution in [0.3, 0.4) is 0 Å². The summed E-state index contributed by atoms with van der Waals surface area (Å²) in [7, 11) is 0. The van der Waals surface area contributed by atoms with Crippen LogP contribution in [0.4, 0.5) is 10.5 Å². The van der Waals surface area contributed by atoms with Gasteiger partial charge in [-0.05, 0) is 70.2 Å². The molecule has 6 nitrogen and oxygen atoms in total. The second kappa shape index (κ2) is 7.76. The van der Waals surface area contributed by atoms with Crippen LogP contribution in [0.5, 0.6) is 0 Å². The summed E-state index contributed by atoms with van der Waals surface area (Å²) >= 11 is 0. The van der Waals surface area contributed by atoms with E-state index in [4.69, 9.17) is 10.5 Å². The van der Waals surface area contributed by atoms with Crippen molar-refractivity contribution in [2.24, 2.45) is 16.6 Å². The van der Waals surface area contributed by atoms with Gasteiger partial charge in [-0.25, -0.2) is 4.79 Å². The molecule has 1 fully saturated rings. The summed E-state index contributed by atoms with van der Waals surface area (Å²) in [4.78, 5) is 18.3. The van der Waals surface area contributed by atoms with E-state index < -0.39 is 5.60 Å². The molecule has 1 amide bonds. The van der Waals surface area contributed by atoms with Gasteiger partial charge >= 0.3 is 6.09 Å². The monoisotopic (exact) mass is 346 g/mol. The van der Waals surface area contributed by atoms with Gasteiger partial charge in [0.25, 0.3) is 0 Å². The molecule has 0 aromatic heterocycles. The molecule has 1 aliphatic rings. The first-order valence-corrected chi connectivity index (χ1v) is 8.76. The third kappa shape index (κ3) is 5.96. The molecule has 0 radical (unpaired) electrons.